The molecule has 0 aliphatic carbocycles. The van der Waals surface area contributed by atoms with E-state index >= 15 is 0 Å². The van der Waals surface area contributed by atoms with Gasteiger partial charge in [-0.1, -0.05) is 18.2 Å². The van der Waals surface area contributed by atoms with Crippen LogP contribution in [0.15, 0.2) is 57.0 Å². The van der Waals surface area contributed by atoms with Gasteiger partial charge >= 0.3 is 6.03 Å². The van der Waals surface area contributed by atoms with Gasteiger partial charge in [-0.3, -0.25) is 14.9 Å². The largest absolute Gasteiger partial charge is 0.494 e. The molecule has 0 aromatic heterocycles. The third-order valence-corrected chi connectivity index (χ3v) is 4.83. The third kappa shape index (κ3) is 3.42. The molecule has 4 amide bonds. The zero-order valence-electron chi connectivity index (χ0n) is 13.5. The van der Waals surface area contributed by atoms with Gasteiger partial charge in [-0.25, -0.2) is 9.69 Å². The molecule has 0 saturated carbocycles. The first kappa shape index (κ1) is 18.3. The number of hydrogen-bond acceptors (Lipinski definition) is 4. The number of ether oxygens (including phenoxy) is 1. The molecule has 1 saturated heterocycles. The second-order valence-corrected chi connectivity index (χ2v) is 7.02. The van der Waals surface area contributed by atoms with Gasteiger partial charge in [0.05, 0.1) is 21.7 Å². The SMILES string of the molecule is COc1c(Br)cc(/C=C2\C(=O)NC(=O)N(c3ccccc3)C2=O)cc1Br. The highest BCUT2D eigenvalue weighted by molar-refractivity contribution is 9.11. The molecule has 1 heterocycles. The zero-order valence-corrected chi connectivity index (χ0v) is 16.6. The number of barbiturate groups is 1. The van der Waals surface area contributed by atoms with Gasteiger partial charge in [-0.2, -0.15) is 0 Å². The lowest BCUT2D eigenvalue weighted by molar-refractivity contribution is -0.122. The fourth-order valence-corrected chi connectivity index (χ4v) is 4.04. The summed E-state index contributed by atoms with van der Waals surface area (Å²) in [5.74, 6) is -0.837. The quantitative estimate of drug-likeness (QED) is 0.535. The molecule has 1 aliphatic rings. The molecule has 0 spiro atoms. The molecule has 6 nitrogen and oxygen atoms in total. The Labute approximate surface area is 166 Å². The summed E-state index contributed by atoms with van der Waals surface area (Å²) in [6.45, 7) is 0. The van der Waals surface area contributed by atoms with Gasteiger partial charge in [-0.05, 0) is 67.8 Å². The average molecular weight is 480 g/mol. The van der Waals surface area contributed by atoms with Gasteiger partial charge in [0.2, 0.25) is 0 Å². The number of urea groups is 1. The lowest BCUT2D eigenvalue weighted by Crippen LogP contribution is -2.54. The van der Waals surface area contributed by atoms with Crippen molar-refractivity contribution in [2.24, 2.45) is 0 Å². The van der Waals surface area contributed by atoms with Crippen LogP contribution in [-0.2, 0) is 9.59 Å². The normalized spacial score (nSPS) is 16.0. The van der Waals surface area contributed by atoms with Crippen LogP contribution in [0.5, 0.6) is 5.75 Å². The molecule has 2 aromatic carbocycles. The highest BCUT2D eigenvalue weighted by Crippen LogP contribution is 2.35. The number of nitrogens with zero attached hydrogens (tertiary/aromatic N) is 1. The molecule has 1 N–H and O–H groups in total. The van der Waals surface area contributed by atoms with E-state index in [1.165, 1.54) is 13.2 Å². The Balaban J connectivity index is 2.04. The van der Waals surface area contributed by atoms with Crippen LogP contribution in [0.1, 0.15) is 5.56 Å². The maximum atomic E-state index is 12.8. The van der Waals surface area contributed by atoms with Crippen LogP contribution in [0.25, 0.3) is 6.08 Å². The van der Waals surface area contributed by atoms with Crippen LogP contribution in [0.4, 0.5) is 10.5 Å². The molecule has 3 rings (SSSR count). The molecule has 1 aliphatic heterocycles. The maximum absolute atomic E-state index is 12.8. The van der Waals surface area contributed by atoms with E-state index < -0.39 is 17.8 Å². The molecule has 0 bridgehead atoms. The molecule has 132 valence electrons. The van der Waals surface area contributed by atoms with Crippen molar-refractivity contribution in [3.8, 4) is 5.75 Å². The van der Waals surface area contributed by atoms with Crippen LogP contribution in [0.2, 0.25) is 0 Å². The van der Waals surface area contributed by atoms with E-state index in [1.807, 2.05) is 0 Å². The van der Waals surface area contributed by atoms with E-state index in [0.717, 1.165) is 4.90 Å². The van der Waals surface area contributed by atoms with Crippen molar-refractivity contribution < 1.29 is 19.1 Å². The molecular formula is C18H12Br2N2O4. The Morgan fingerprint density at radius 2 is 1.65 bits per heavy atom. The number of carbonyl (C=O) groups is 3. The van der Waals surface area contributed by atoms with Crippen LogP contribution < -0.4 is 15.0 Å². The van der Waals surface area contributed by atoms with E-state index in [1.54, 1.807) is 42.5 Å². The Morgan fingerprint density at radius 1 is 1.04 bits per heavy atom. The van der Waals surface area contributed by atoms with Crippen LogP contribution in [0, 0.1) is 0 Å². The minimum atomic E-state index is -0.777. The number of amides is 4. The van der Waals surface area contributed by atoms with Crippen molar-refractivity contribution in [2.45, 2.75) is 0 Å². The van der Waals surface area contributed by atoms with Gasteiger partial charge in [0.1, 0.15) is 11.3 Å². The van der Waals surface area contributed by atoms with E-state index in [4.69, 9.17) is 4.74 Å². The molecule has 0 radical (unpaired) electrons. The monoisotopic (exact) mass is 478 g/mol. The summed E-state index contributed by atoms with van der Waals surface area (Å²) in [5, 5.41) is 2.19. The summed E-state index contributed by atoms with van der Waals surface area (Å²) < 4.78 is 6.55. The predicted molar refractivity (Wildman–Crippen MR) is 104 cm³/mol. The van der Waals surface area contributed by atoms with Gasteiger partial charge in [-0.15, -0.1) is 0 Å². The second-order valence-electron chi connectivity index (χ2n) is 5.31. The first-order valence-electron chi connectivity index (χ1n) is 7.42. The highest BCUT2D eigenvalue weighted by atomic mass is 79.9. The van der Waals surface area contributed by atoms with E-state index in [0.29, 0.717) is 25.9 Å². The highest BCUT2D eigenvalue weighted by Gasteiger charge is 2.36. The number of para-hydroxylation sites is 1. The van der Waals surface area contributed by atoms with Crippen LogP contribution >= 0.6 is 31.9 Å². The molecule has 0 atom stereocenters. The predicted octanol–water partition coefficient (Wildman–Crippen LogP) is 3.89. The Bertz CT molecular complexity index is 918. The smallest absolute Gasteiger partial charge is 0.335 e. The van der Waals surface area contributed by atoms with Crippen molar-refractivity contribution in [3.63, 3.8) is 0 Å². The molecule has 0 unspecified atom stereocenters. The zero-order chi connectivity index (χ0) is 18.8. The van der Waals surface area contributed by atoms with Crippen LogP contribution in [0.3, 0.4) is 0 Å². The van der Waals surface area contributed by atoms with Gasteiger partial charge in [0.25, 0.3) is 11.8 Å². The number of benzene rings is 2. The summed E-state index contributed by atoms with van der Waals surface area (Å²) in [6, 6.07) is 11.0. The number of carbonyl (C=O) groups excluding carboxylic acids is 3. The molecular weight excluding hydrogens is 468 g/mol. The van der Waals surface area contributed by atoms with E-state index in [-0.39, 0.29) is 5.57 Å². The first-order valence-corrected chi connectivity index (χ1v) is 9.00. The summed E-state index contributed by atoms with van der Waals surface area (Å²) in [6.07, 6.45) is 1.43. The molecule has 2 aromatic rings. The molecule has 1 fully saturated rings. The Morgan fingerprint density at radius 3 is 2.23 bits per heavy atom. The Hall–Kier alpha value is -2.45. The molecule has 26 heavy (non-hydrogen) atoms. The number of anilines is 1. The van der Waals surface area contributed by atoms with Crippen LogP contribution in [-0.4, -0.2) is 25.0 Å². The fraction of sp³-hybridized carbons (Fsp3) is 0.0556. The summed E-state index contributed by atoms with van der Waals surface area (Å²) in [4.78, 5) is 38.0. The van der Waals surface area contributed by atoms with Crippen molar-refractivity contribution in [3.05, 3.63) is 62.5 Å². The number of methoxy groups -OCH3 is 1. The summed E-state index contributed by atoms with van der Waals surface area (Å²) in [7, 11) is 1.53. The third-order valence-electron chi connectivity index (χ3n) is 3.65. The van der Waals surface area contributed by atoms with Gasteiger partial charge in [0.15, 0.2) is 0 Å². The van der Waals surface area contributed by atoms with Crippen molar-refractivity contribution in [2.75, 3.05) is 12.0 Å². The van der Waals surface area contributed by atoms with Crippen molar-refractivity contribution >= 4 is 61.5 Å². The van der Waals surface area contributed by atoms with Gasteiger partial charge < -0.3 is 4.74 Å². The van der Waals surface area contributed by atoms with Gasteiger partial charge in [0, 0.05) is 0 Å². The fourth-order valence-electron chi connectivity index (χ4n) is 2.49. The second kappa shape index (κ2) is 7.43. The lowest BCUT2D eigenvalue weighted by atomic mass is 10.1. The number of nitrogens with one attached hydrogen (secondary N) is 1. The molecule has 8 heteroatoms. The minimum Gasteiger partial charge on any atom is -0.494 e. The number of hydrogen-bond donors (Lipinski definition) is 1. The Kier molecular flexibility index (Phi) is 5.24. The topological polar surface area (TPSA) is 75.7 Å². The van der Waals surface area contributed by atoms with E-state index in [9.17, 15) is 14.4 Å². The number of halogens is 2. The summed E-state index contributed by atoms with van der Waals surface area (Å²) >= 11 is 6.75. The van der Waals surface area contributed by atoms with E-state index in [2.05, 4.69) is 37.2 Å². The van der Waals surface area contributed by atoms with Crippen molar-refractivity contribution in [1.82, 2.24) is 5.32 Å². The lowest BCUT2D eigenvalue weighted by Gasteiger charge is -2.26. The standard InChI is InChI=1S/C18H12Br2N2O4/c1-26-15-13(19)8-10(9-14(15)20)7-12-16(23)21-18(25)22(17(12)24)11-5-3-2-4-6-11/h2-9H,1H3,(H,21,23,25)/b12-7+. The first-order chi connectivity index (χ1) is 12.4. The average Bonchev–Trinajstić information content (AvgIpc) is 2.59. The number of imide groups is 2. The maximum Gasteiger partial charge on any atom is 0.335 e. The minimum absolute atomic E-state index is 0.141. The summed E-state index contributed by atoms with van der Waals surface area (Å²) in [5.41, 5.74) is 0.827. The number of rotatable bonds is 3. The van der Waals surface area contributed by atoms with Crippen molar-refractivity contribution in [1.29, 1.82) is 0 Å².